The highest BCUT2D eigenvalue weighted by molar-refractivity contribution is 5.96. The van der Waals surface area contributed by atoms with Crippen molar-refractivity contribution in [2.75, 3.05) is 33.5 Å². The Morgan fingerprint density at radius 2 is 1.94 bits per heavy atom. The smallest absolute Gasteiger partial charge is 0.163 e. The highest BCUT2D eigenvalue weighted by Gasteiger charge is 2.09. The summed E-state index contributed by atoms with van der Waals surface area (Å²) in [5.74, 6) is -0.349. The van der Waals surface area contributed by atoms with Crippen molar-refractivity contribution in [2.24, 2.45) is 0 Å². The third-order valence-corrected chi connectivity index (χ3v) is 2.24. The summed E-state index contributed by atoms with van der Waals surface area (Å²) in [5.41, 5.74) is 0.369. The fourth-order valence-electron chi connectivity index (χ4n) is 1.36. The highest BCUT2D eigenvalue weighted by atomic mass is 19.1. The number of hydrogen-bond donors (Lipinski definition) is 0. The van der Waals surface area contributed by atoms with Gasteiger partial charge in [-0.15, -0.1) is 0 Å². The molecule has 0 N–H and O–H groups in total. The van der Waals surface area contributed by atoms with E-state index in [9.17, 15) is 9.18 Å². The molecule has 0 aliphatic rings. The molecule has 0 saturated carbocycles. The number of rotatable bonds is 8. The molecule has 0 saturated heterocycles. The average Bonchev–Trinajstić information content (AvgIpc) is 2.33. The van der Waals surface area contributed by atoms with Crippen LogP contribution >= 0.6 is 0 Å². The molecule has 0 heterocycles. The number of carbonyl (C=O) groups is 1. The van der Waals surface area contributed by atoms with Crippen molar-refractivity contribution in [3.63, 3.8) is 0 Å². The van der Waals surface area contributed by atoms with Crippen LogP contribution in [-0.2, 0) is 9.47 Å². The molecule has 1 aromatic rings. The average molecular weight is 256 g/mol. The molecule has 0 atom stereocenters. The normalized spacial score (nSPS) is 10.4. The number of ether oxygens (including phenoxy) is 3. The van der Waals surface area contributed by atoms with Gasteiger partial charge in [0, 0.05) is 13.2 Å². The summed E-state index contributed by atoms with van der Waals surface area (Å²) in [6.07, 6.45) is 0. The predicted octanol–water partition coefficient (Wildman–Crippen LogP) is 2.07. The van der Waals surface area contributed by atoms with E-state index in [1.165, 1.54) is 25.1 Å². The molecule has 0 radical (unpaired) electrons. The van der Waals surface area contributed by atoms with Gasteiger partial charge in [-0.3, -0.25) is 4.79 Å². The van der Waals surface area contributed by atoms with E-state index in [-0.39, 0.29) is 18.1 Å². The van der Waals surface area contributed by atoms with Gasteiger partial charge >= 0.3 is 0 Å². The Morgan fingerprint density at radius 3 is 2.61 bits per heavy atom. The van der Waals surface area contributed by atoms with E-state index in [4.69, 9.17) is 14.2 Å². The standard InChI is InChI=1S/C13H17FO4/c1-10(15)12-4-3-11(14)9-13(12)18-8-7-17-6-5-16-2/h3-4,9H,5-8H2,1-2H3. The molecular weight excluding hydrogens is 239 g/mol. The number of methoxy groups -OCH3 is 1. The van der Waals surface area contributed by atoms with E-state index < -0.39 is 5.82 Å². The summed E-state index contributed by atoms with van der Waals surface area (Å²) in [5, 5.41) is 0. The van der Waals surface area contributed by atoms with Crippen molar-refractivity contribution < 1.29 is 23.4 Å². The Balaban J connectivity index is 2.45. The lowest BCUT2D eigenvalue weighted by Crippen LogP contribution is -2.11. The van der Waals surface area contributed by atoms with Crippen LogP contribution < -0.4 is 4.74 Å². The quantitative estimate of drug-likeness (QED) is 0.527. The molecule has 0 aliphatic heterocycles. The lowest BCUT2D eigenvalue weighted by atomic mass is 10.1. The zero-order valence-electron chi connectivity index (χ0n) is 10.6. The van der Waals surface area contributed by atoms with Crippen LogP contribution in [0.15, 0.2) is 18.2 Å². The van der Waals surface area contributed by atoms with Crippen molar-refractivity contribution in [2.45, 2.75) is 6.92 Å². The molecule has 0 unspecified atom stereocenters. The van der Waals surface area contributed by atoms with Crippen LogP contribution in [0.2, 0.25) is 0 Å². The topological polar surface area (TPSA) is 44.8 Å². The molecule has 18 heavy (non-hydrogen) atoms. The minimum atomic E-state index is -0.435. The van der Waals surface area contributed by atoms with Gasteiger partial charge in [-0.1, -0.05) is 0 Å². The van der Waals surface area contributed by atoms with E-state index in [0.29, 0.717) is 25.4 Å². The molecule has 4 nitrogen and oxygen atoms in total. The Hall–Kier alpha value is -1.46. The van der Waals surface area contributed by atoms with Crippen LogP contribution in [-0.4, -0.2) is 39.3 Å². The van der Waals surface area contributed by atoms with E-state index in [2.05, 4.69) is 0 Å². The number of ketones is 1. The second-order valence-electron chi connectivity index (χ2n) is 3.65. The SMILES string of the molecule is COCCOCCOc1cc(F)ccc1C(C)=O. The lowest BCUT2D eigenvalue weighted by molar-refractivity contribution is 0.0541. The first-order chi connectivity index (χ1) is 8.65. The maximum absolute atomic E-state index is 13.0. The van der Waals surface area contributed by atoms with Gasteiger partial charge in [0.1, 0.15) is 18.2 Å². The molecule has 0 amide bonds. The van der Waals surface area contributed by atoms with Gasteiger partial charge in [0.2, 0.25) is 0 Å². The summed E-state index contributed by atoms with van der Waals surface area (Å²) in [4.78, 5) is 11.3. The first-order valence-electron chi connectivity index (χ1n) is 5.65. The van der Waals surface area contributed by atoms with Crippen molar-refractivity contribution in [3.8, 4) is 5.75 Å². The van der Waals surface area contributed by atoms with Crippen LogP contribution in [0.25, 0.3) is 0 Å². The third kappa shape index (κ3) is 4.81. The molecule has 0 fully saturated rings. The highest BCUT2D eigenvalue weighted by Crippen LogP contribution is 2.20. The van der Waals surface area contributed by atoms with Gasteiger partial charge in [-0.05, 0) is 19.1 Å². The zero-order valence-corrected chi connectivity index (χ0v) is 10.6. The summed E-state index contributed by atoms with van der Waals surface area (Å²) < 4.78 is 28.4. The van der Waals surface area contributed by atoms with Gasteiger partial charge in [-0.25, -0.2) is 4.39 Å². The predicted molar refractivity (Wildman–Crippen MR) is 64.6 cm³/mol. The van der Waals surface area contributed by atoms with Gasteiger partial charge in [0.05, 0.1) is 25.4 Å². The maximum atomic E-state index is 13.0. The van der Waals surface area contributed by atoms with Crippen LogP contribution in [0, 0.1) is 5.82 Å². The summed E-state index contributed by atoms with van der Waals surface area (Å²) in [6, 6.07) is 3.85. The van der Waals surface area contributed by atoms with Crippen LogP contribution in [0.4, 0.5) is 4.39 Å². The first-order valence-corrected chi connectivity index (χ1v) is 5.65. The van der Waals surface area contributed by atoms with Crippen LogP contribution in [0.5, 0.6) is 5.75 Å². The Kier molecular flexibility index (Phi) is 6.32. The molecule has 0 aliphatic carbocycles. The van der Waals surface area contributed by atoms with Crippen molar-refractivity contribution >= 4 is 5.78 Å². The summed E-state index contributed by atoms with van der Waals surface area (Å²) in [7, 11) is 1.59. The van der Waals surface area contributed by atoms with Crippen molar-refractivity contribution in [1.82, 2.24) is 0 Å². The molecule has 1 aromatic carbocycles. The number of Topliss-reactive ketones (excluding diaryl/α,β-unsaturated/α-hetero) is 1. The minimum absolute atomic E-state index is 0.162. The second-order valence-corrected chi connectivity index (χ2v) is 3.65. The zero-order chi connectivity index (χ0) is 13.4. The largest absolute Gasteiger partial charge is 0.490 e. The van der Waals surface area contributed by atoms with Gasteiger partial charge < -0.3 is 14.2 Å². The van der Waals surface area contributed by atoms with E-state index in [1.54, 1.807) is 7.11 Å². The first kappa shape index (κ1) is 14.6. The second kappa shape index (κ2) is 7.79. The number of halogens is 1. The number of carbonyl (C=O) groups excluding carboxylic acids is 1. The fraction of sp³-hybridized carbons (Fsp3) is 0.462. The fourth-order valence-corrected chi connectivity index (χ4v) is 1.36. The van der Waals surface area contributed by atoms with Gasteiger partial charge in [0.25, 0.3) is 0 Å². The van der Waals surface area contributed by atoms with Crippen molar-refractivity contribution in [3.05, 3.63) is 29.6 Å². The monoisotopic (exact) mass is 256 g/mol. The summed E-state index contributed by atoms with van der Waals surface area (Å²) in [6.45, 7) is 3.01. The maximum Gasteiger partial charge on any atom is 0.163 e. The Bertz CT molecular complexity index is 393. The summed E-state index contributed by atoms with van der Waals surface area (Å²) >= 11 is 0. The van der Waals surface area contributed by atoms with Crippen molar-refractivity contribution in [1.29, 1.82) is 0 Å². The molecule has 0 spiro atoms. The van der Waals surface area contributed by atoms with Gasteiger partial charge in [-0.2, -0.15) is 0 Å². The lowest BCUT2D eigenvalue weighted by Gasteiger charge is -2.10. The Morgan fingerprint density at radius 1 is 1.22 bits per heavy atom. The van der Waals surface area contributed by atoms with E-state index in [0.717, 1.165) is 0 Å². The van der Waals surface area contributed by atoms with Crippen LogP contribution in [0.1, 0.15) is 17.3 Å². The molecule has 0 aromatic heterocycles. The molecule has 1 rings (SSSR count). The molecule has 0 bridgehead atoms. The molecular formula is C13H17FO4. The third-order valence-electron chi connectivity index (χ3n) is 2.24. The molecule has 5 heteroatoms. The van der Waals surface area contributed by atoms with Crippen LogP contribution in [0.3, 0.4) is 0 Å². The molecule has 100 valence electrons. The van der Waals surface area contributed by atoms with E-state index in [1.807, 2.05) is 0 Å². The Labute approximate surface area is 106 Å². The number of hydrogen-bond acceptors (Lipinski definition) is 4. The minimum Gasteiger partial charge on any atom is -0.490 e. The van der Waals surface area contributed by atoms with E-state index >= 15 is 0 Å². The van der Waals surface area contributed by atoms with Gasteiger partial charge in [0.15, 0.2) is 5.78 Å². The number of benzene rings is 1.